The SMILES string of the molecule is OB(O)c1ccc(OCCc2ccc(F)cc2)nc1. The van der Waals surface area contributed by atoms with Crippen LogP contribution in [0.25, 0.3) is 0 Å². The molecule has 2 rings (SSSR count). The van der Waals surface area contributed by atoms with Crippen LogP contribution < -0.4 is 10.2 Å². The fourth-order valence-electron chi connectivity index (χ4n) is 1.55. The lowest BCUT2D eigenvalue weighted by molar-refractivity contribution is 0.309. The Morgan fingerprint density at radius 3 is 2.42 bits per heavy atom. The lowest BCUT2D eigenvalue weighted by Crippen LogP contribution is -2.29. The van der Waals surface area contributed by atoms with Crippen molar-refractivity contribution in [2.45, 2.75) is 6.42 Å². The molecule has 1 aromatic heterocycles. The summed E-state index contributed by atoms with van der Waals surface area (Å²) in [5, 5.41) is 17.8. The molecular weight excluding hydrogens is 248 g/mol. The number of nitrogens with zero attached hydrogens (tertiary/aromatic N) is 1. The van der Waals surface area contributed by atoms with Crippen molar-refractivity contribution in [1.29, 1.82) is 0 Å². The van der Waals surface area contributed by atoms with Gasteiger partial charge < -0.3 is 14.8 Å². The van der Waals surface area contributed by atoms with E-state index in [1.54, 1.807) is 18.2 Å². The van der Waals surface area contributed by atoms with Gasteiger partial charge in [0, 0.05) is 18.1 Å². The predicted octanol–water partition coefficient (Wildman–Crippen LogP) is 0.522. The topological polar surface area (TPSA) is 62.6 Å². The summed E-state index contributed by atoms with van der Waals surface area (Å²) >= 11 is 0. The summed E-state index contributed by atoms with van der Waals surface area (Å²) in [6, 6.07) is 9.33. The van der Waals surface area contributed by atoms with E-state index in [0.29, 0.717) is 24.4 Å². The highest BCUT2D eigenvalue weighted by molar-refractivity contribution is 6.58. The highest BCUT2D eigenvalue weighted by atomic mass is 19.1. The van der Waals surface area contributed by atoms with Crippen molar-refractivity contribution >= 4 is 12.6 Å². The molecule has 0 saturated carbocycles. The number of benzene rings is 1. The van der Waals surface area contributed by atoms with Gasteiger partial charge in [0.05, 0.1) is 6.61 Å². The molecular formula is C13H13BFNO3. The van der Waals surface area contributed by atoms with E-state index in [-0.39, 0.29) is 5.82 Å². The second-order valence-electron chi connectivity index (χ2n) is 4.03. The molecule has 6 heteroatoms. The summed E-state index contributed by atoms with van der Waals surface area (Å²) in [5.74, 6) is 0.149. The van der Waals surface area contributed by atoms with E-state index < -0.39 is 7.12 Å². The summed E-state index contributed by atoms with van der Waals surface area (Å²) < 4.78 is 18.1. The third kappa shape index (κ3) is 4.05. The zero-order chi connectivity index (χ0) is 13.7. The molecule has 0 fully saturated rings. The first kappa shape index (κ1) is 13.5. The van der Waals surface area contributed by atoms with E-state index in [4.69, 9.17) is 14.8 Å². The fraction of sp³-hybridized carbons (Fsp3) is 0.154. The van der Waals surface area contributed by atoms with Crippen LogP contribution in [0, 0.1) is 5.82 Å². The van der Waals surface area contributed by atoms with Crippen LogP contribution in [0.1, 0.15) is 5.56 Å². The van der Waals surface area contributed by atoms with Gasteiger partial charge >= 0.3 is 7.12 Å². The minimum atomic E-state index is -1.53. The Morgan fingerprint density at radius 1 is 1.11 bits per heavy atom. The molecule has 0 radical (unpaired) electrons. The van der Waals surface area contributed by atoms with Crippen LogP contribution >= 0.6 is 0 Å². The van der Waals surface area contributed by atoms with Crippen molar-refractivity contribution in [2.24, 2.45) is 0 Å². The molecule has 0 atom stereocenters. The Balaban J connectivity index is 1.83. The molecule has 0 unspecified atom stereocenters. The van der Waals surface area contributed by atoms with Gasteiger partial charge in [-0.25, -0.2) is 9.37 Å². The fourth-order valence-corrected chi connectivity index (χ4v) is 1.55. The van der Waals surface area contributed by atoms with Crippen LogP contribution in [0.15, 0.2) is 42.6 Å². The molecule has 19 heavy (non-hydrogen) atoms. The number of halogens is 1. The van der Waals surface area contributed by atoms with Crippen molar-refractivity contribution in [1.82, 2.24) is 4.98 Å². The quantitative estimate of drug-likeness (QED) is 0.770. The Kier molecular flexibility index (Phi) is 4.49. The smallest absolute Gasteiger partial charge is 0.477 e. The monoisotopic (exact) mass is 261 g/mol. The van der Waals surface area contributed by atoms with Gasteiger partial charge in [-0.3, -0.25) is 0 Å². The number of aromatic nitrogens is 1. The summed E-state index contributed by atoms with van der Waals surface area (Å²) in [5.41, 5.74) is 1.29. The number of ether oxygens (including phenoxy) is 1. The molecule has 1 heterocycles. The molecule has 0 aliphatic carbocycles. The van der Waals surface area contributed by atoms with E-state index in [2.05, 4.69) is 4.98 Å². The average molecular weight is 261 g/mol. The highest BCUT2D eigenvalue weighted by Gasteiger charge is 2.10. The third-order valence-corrected chi connectivity index (χ3v) is 2.61. The molecule has 0 saturated heterocycles. The first-order valence-corrected chi connectivity index (χ1v) is 5.84. The number of hydrogen-bond acceptors (Lipinski definition) is 4. The zero-order valence-electron chi connectivity index (χ0n) is 10.2. The summed E-state index contributed by atoms with van der Waals surface area (Å²) in [6.07, 6.45) is 1.99. The molecule has 0 aliphatic rings. The Bertz CT molecular complexity index is 516. The van der Waals surface area contributed by atoms with Crippen LogP contribution in [0.3, 0.4) is 0 Å². The summed E-state index contributed by atoms with van der Waals surface area (Å²) in [7, 11) is -1.53. The minimum absolute atomic E-state index is 0.260. The first-order valence-electron chi connectivity index (χ1n) is 5.84. The molecule has 0 aliphatic heterocycles. The molecule has 2 N–H and O–H groups in total. The van der Waals surface area contributed by atoms with Gasteiger partial charge in [-0.05, 0) is 23.8 Å². The second kappa shape index (κ2) is 6.31. The number of pyridine rings is 1. The first-order chi connectivity index (χ1) is 9.15. The van der Waals surface area contributed by atoms with E-state index >= 15 is 0 Å². The zero-order valence-corrected chi connectivity index (χ0v) is 10.2. The molecule has 2 aromatic rings. The van der Waals surface area contributed by atoms with Crippen molar-refractivity contribution in [3.63, 3.8) is 0 Å². The summed E-state index contributed by atoms with van der Waals surface area (Å²) in [4.78, 5) is 3.94. The van der Waals surface area contributed by atoms with E-state index in [1.807, 2.05) is 0 Å². The Labute approximate surface area is 110 Å². The maximum absolute atomic E-state index is 12.7. The van der Waals surface area contributed by atoms with Crippen LogP contribution in [0.4, 0.5) is 4.39 Å². The van der Waals surface area contributed by atoms with Gasteiger partial charge in [-0.2, -0.15) is 0 Å². The summed E-state index contributed by atoms with van der Waals surface area (Å²) in [6.45, 7) is 0.416. The highest BCUT2D eigenvalue weighted by Crippen LogP contribution is 2.06. The maximum atomic E-state index is 12.7. The van der Waals surface area contributed by atoms with Gasteiger partial charge in [0.1, 0.15) is 5.82 Å². The average Bonchev–Trinajstić information content (AvgIpc) is 2.41. The lowest BCUT2D eigenvalue weighted by atomic mass is 9.82. The van der Waals surface area contributed by atoms with Gasteiger partial charge in [0.2, 0.25) is 5.88 Å². The van der Waals surface area contributed by atoms with Crippen LogP contribution in [0.5, 0.6) is 5.88 Å². The molecule has 0 spiro atoms. The van der Waals surface area contributed by atoms with Gasteiger partial charge in [0.15, 0.2) is 0 Å². The van der Waals surface area contributed by atoms with E-state index in [9.17, 15) is 4.39 Å². The minimum Gasteiger partial charge on any atom is -0.477 e. The van der Waals surface area contributed by atoms with Crippen molar-refractivity contribution < 1.29 is 19.2 Å². The van der Waals surface area contributed by atoms with Crippen molar-refractivity contribution in [3.8, 4) is 5.88 Å². The maximum Gasteiger partial charge on any atom is 0.490 e. The van der Waals surface area contributed by atoms with Crippen molar-refractivity contribution in [3.05, 3.63) is 54.0 Å². The largest absolute Gasteiger partial charge is 0.490 e. The molecule has 98 valence electrons. The predicted molar refractivity (Wildman–Crippen MR) is 69.7 cm³/mol. The normalized spacial score (nSPS) is 10.3. The molecule has 0 bridgehead atoms. The number of rotatable bonds is 5. The van der Waals surface area contributed by atoms with Gasteiger partial charge in [0.25, 0.3) is 0 Å². The van der Waals surface area contributed by atoms with E-state index in [0.717, 1.165) is 5.56 Å². The molecule has 0 amide bonds. The molecule has 1 aromatic carbocycles. The van der Waals surface area contributed by atoms with Crippen LogP contribution in [-0.2, 0) is 6.42 Å². The van der Waals surface area contributed by atoms with Gasteiger partial charge in [-0.1, -0.05) is 18.2 Å². The molecule has 4 nitrogen and oxygen atoms in total. The van der Waals surface area contributed by atoms with E-state index in [1.165, 1.54) is 24.4 Å². The van der Waals surface area contributed by atoms with Gasteiger partial charge in [-0.15, -0.1) is 0 Å². The third-order valence-electron chi connectivity index (χ3n) is 2.61. The standard InChI is InChI=1S/C13H13BFNO3/c15-12-4-1-10(2-5-12)7-8-19-13-6-3-11(9-16-13)14(17)18/h1-6,9,17-18H,7-8H2. The van der Waals surface area contributed by atoms with Crippen molar-refractivity contribution in [2.75, 3.05) is 6.61 Å². The number of hydrogen-bond donors (Lipinski definition) is 2. The van der Waals surface area contributed by atoms with Crippen LogP contribution in [-0.4, -0.2) is 28.8 Å². The van der Waals surface area contributed by atoms with Crippen LogP contribution in [0.2, 0.25) is 0 Å². The Hall–Kier alpha value is -1.92. The second-order valence-corrected chi connectivity index (χ2v) is 4.03. The lowest BCUT2D eigenvalue weighted by Gasteiger charge is -2.06. The Morgan fingerprint density at radius 2 is 1.84 bits per heavy atom.